The van der Waals surface area contributed by atoms with Gasteiger partial charge in [0, 0.05) is 29.0 Å². The smallest absolute Gasteiger partial charge is 0.225 e. The molecule has 33 heavy (non-hydrogen) atoms. The molecule has 0 radical (unpaired) electrons. The molecule has 4 rings (SSSR count). The van der Waals surface area contributed by atoms with Gasteiger partial charge in [0.05, 0.1) is 11.4 Å². The Morgan fingerprint density at radius 3 is 2.18 bits per heavy atom. The molecule has 2 N–H and O–H groups in total. The van der Waals surface area contributed by atoms with Crippen LogP contribution in [0, 0.1) is 27.7 Å². The number of rotatable bonds is 7. The molecule has 1 aromatic heterocycles. The third-order valence-corrected chi connectivity index (χ3v) is 6.67. The van der Waals surface area contributed by atoms with E-state index in [1.54, 1.807) is 11.8 Å². The van der Waals surface area contributed by atoms with Crippen LogP contribution in [-0.4, -0.2) is 21.6 Å². The highest BCUT2D eigenvalue weighted by molar-refractivity contribution is 7.99. The minimum Gasteiger partial charge on any atom is -0.332 e. The molecule has 0 saturated carbocycles. The van der Waals surface area contributed by atoms with Crippen molar-refractivity contribution in [3.8, 4) is 22.5 Å². The zero-order chi connectivity index (χ0) is 23.4. The number of carbonyl (C=O) groups is 1. The average Bonchev–Trinajstić information content (AvgIpc) is 3.22. The lowest BCUT2D eigenvalue weighted by atomic mass is 10.0. The van der Waals surface area contributed by atoms with Crippen LogP contribution in [0.1, 0.15) is 28.7 Å². The zero-order valence-corrected chi connectivity index (χ0v) is 20.3. The summed E-state index contributed by atoms with van der Waals surface area (Å²) < 4.78 is 0. The Morgan fingerprint density at radius 2 is 1.52 bits per heavy atom. The van der Waals surface area contributed by atoms with Crippen molar-refractivity contribution >= 4 is 23.4 Å². The van der Waals surface area contributed by atoms with Gasteiger partial charge in [-0.15, -0.1) is 0 Å². The Labute approximate surface area is 199 Å². The fraction of sp³-hybridized carbons (Fsp3) is 0.214. The lowest BCUT2D eigenvalue weighted by Crippen LogP contribution is -2.13. The van der Waals surface area contributed by atoms with E-state index in [0.29, 0.717) is 12.2 Å². The minimum atomic E-state index is 0.0141. The number of hydrogen-bond acceptors (Lipinski definition) is 3. The number of hydrogen-bond donors (Lipinski definition) is 2. The Hall–Kier alpha value is -3.31. The average molecular weight is 456 g/mol. The number of aromatic amines is 1. The molecule has 0 atom stereocenters. The summed E-state index contributed by atoms with van der Waals surface area (Å²) >= 11 is 1.57. The molecule has 5 heteroatoms. The summed E-state index contributed by atoms with van der Waals surface area (Å²) in [6.45, 7) is 8.25. The number of aryl methyl sites for hydroxylation is 3. The van der Waals surface area contributed by atoms with Crippen LogP contribution in [0.5, 0.6) is 0 Å². The number of aromatic nitrogens is 2. The van der Waals surface area contributed by atoms with Crippen LogP contribution in [-0.2, 0) is 4.79 Å². The number of imidazole rings is 1. The number of carbonyl (C=O) groups excluding carboxylic acids is 1. The first kappa shape index (κ1) is 22.9. The Kier molecular flexibility index (Phi) is 6.99. The molecule has 168 valence electrons. The molecule has 0 aliphatic heterocycles. The molecule has 1 amide bonds. The van der Waals surface area contributed by atoms with Crippen molar-refractivity contribution < 1.29 is 4.79 Å². The summed E-state index contributed by atoms with van der Waals surface area (Å²) in [6.07, 6.45) is 0.415. The van der Waals surface area contributed by atoms with E-state index < -0.39 is 0 Å². The van der Waals surface area contributed by atoms with E-state index in [1.165, 1.54) is 16.7 Å². The van der Waals surface area contributed by atoms with Crippen LogP contribution in [0.25, 0.3) is 22.5 Å². The second-order valence-corrected chi connectivity index (χ2v) is 9.48. The van der Waals surface area contributed by atoms with Gasteiger partial charge >= 0.3 is 0 Å². The number of anilines is 1. The van der Waals surface area contributed by atoms with Gasteiger partial charge in [0.2, 0.25) is 5.91 Å². The standard InChI is InChI=1S/C28H29N3OS/c1-18-8-12-22(13-9-18)26-27(23-14-10-19(2)11-15-23)31-28(30-26)33-17-16-25(32)29-24-7-5-6-20(3)21(24)4/h5-15H,16-17H2,1-4H3,(H,29,32)(H,30,31). The largest absolute Gasteiger partial charge is 0.332 e. The first-order valence-electron chi connectivity index (χ1n) is 11.1. The molecule has 0 fully saturated rings. The molecule has 1 heterocycles. The van der Waals surface area contributed by atoms with Crippen LogP contribution >= 0.6 is 11.8 Å². The zero-order valence-electron chi connectivity index (χ0n) is 19.5. The van der Waals surface area contributed by atoms with Crippen molar-refractivity contribution in [3.63, 3.8) is 0 Å². The van der Waals surface area contributed by atoms with Crippen LogP contribution < -0.4 is 5.32 Å². The number of nitrogens with zero attached hydrogens (tertiary/aromatic N) is 1. The molecule has 0 spiro atoms. The third kappa shape index (κ3) is 5.55. The Morgan fingerprint density at radius 1 is 0.879 bits per heavy atom. The van der Waals surface area contributed by atoms with Gasteiger partial charge in [0.1, 0.15) is 0 Å². The first-order valence-corrected chi connectivity index (χ1v) is 12.1. The van der Waals surface area contributed by atoms with Crippen molar-refractivity contribution in [1.82, 2.24) is 9.97 Å². The molecule has 3 aromatic carbocycles. The summed E-state index contributed by atoms with van der Waals surface area (Å²) in [7, 11) is 0. The van der Waals surface area contributed by atoms with Crippen molar-refractivity contribution in [2.75, 3.05) is 11.1 Å². The molecule has 4 aromatic rings. The van der Waals surface area contributed by atoms with E-state index in [0.717, 1.165) is 38.9 Å². The van der Waals surface area contributed by atoms with Crippen LogP contribution in [0.15, 0.2) is 71.9 Å². The first-order chi connectivity index (χ1) is 15.9. The van der Waals surface area contributed by atoms with Crippen LogP contribution in [0.4, 0.5) is 5.69 Å². The predicted octanol–water partition coefficient (Wildman–Crippen LogP) is 7.10. The molecular weight excluding hydrogens is 426 g/mol. The van der Waals surface area contributed by atoms with Gasteiger partial charge in [-0.2, -0.15) is 0 Å². The molecule has 4 nitrogen and oxygen atoms in total. The highest BCUT2D eigenvalue weighted by Crippen LogP contribution is 2.33. The number of thioether (sulfide) groups is 1. The van der Waals surface area contributed by atoms with Gasteiger partial charge in [-0.1, -0.05) is 83.6 Å². The lowest BCUT2D eigenvalue weighted by Gasteiger charge is -2.10. The van der Waals surface area contributed by atoms with Gasteiger partial charge in [0.15, 0.2) is 5.16 Å². The van der Waals surface area contributed by atoms with E-state index in [-0.39, 0.29) is 5.91 Å². The maximum Gasteiger partial charge on any atom is 0.225 e. The number of nitrogens with one attached hydrogen (secondary N) is 2. The predicted molar refractivity (Wildman–Crippen MR) is 139 cm³/mol. The van der Waals surface area contributed by atoms with E-state index >= 15 is 0 Å². The maximum atomic E-state index is 12.5. The van der Waals surface area contributed by atoms with Crippen molar-refractivity contribution in [1.29, 1.82) is 0 Å². The van der Waals surface area contributed by atoms with Crippen LogP contribution in [0.2, 0.25) is 0 Å². The quantitative estimate of drug-likeness (QED) is 0.292. The summed E-state index contributed by atoms with van der Waals surface area (Å²) in [4.78, 5) is 20.9. The fourth-order valence-corrected chi connectivity index (χ4v) is 4.42. The fourth-order valence-electron chi connectivity index (χ4n) is 3.61. The SMILES string of the molecule is Cc1ccc(-c2nc(SCCC(=O)Nc3cccc(C)c3C)[nH]c2-c2ccc(C)cc2)cc1. The Bertz CT molecular complexity index is 1190. The van der Waals surface area contributed by atoms with Gasteiger partial charge in [0.25, 0.3) is 0 Å². The molecule has 0 unspecified atom stereocenters. The van der Waals surface area contributed by atoms with Crippen molar-refractivity contribution in [3.05, 3.63) is 89.0 Å². The lowest BCUT2D eigenvalue weighted by molar-refractivity contribution is -0.115. The minimum absolute atomic E-state index is 0.0141. The monoisotopic (exact) mass is 455 g/mol. The van der Waals surface area contributed by atoms with Crippen molar-refractivity contribution in [2.24, 2.45) is 0 Å². The molecule has 0 saturated heterocycles. The number of amides is 1. The molecule has 0 aliphatic carbocycles. The second-order valence-electron chi connectivity index (χ2n) is 8.39. The van der Waals surface area contributed by atoms with Gasteiger partial charge in [-0.25, -0.2) is 4.98 Å². The van der Waals surface area contributed by atoms with E-state index in [1.807, 2.05) is 19.1 Å². The summed E-state index contributed by atoms with van der Waals surface area (Å²) in [5.74, 6) is 0.658. The van der Waals surface area contributed by atoms with Crippen molar-refractivity contribution in [2.45, 2.75) is 39.3 Å². The second kappa shape index (κ2) is 10.1. The number of benzene rings is 3. The van der Waals surface area contributed by atoms with E-state index in [4.69, 9.17) is 4.98 Å². The molecular formula is C28H29N3OS. The van der Waals surface area contributed by atoms with E-state index in [9.17, 15) is 4.79 Å². The normalized spacial score (nSPS) is 10.9. The topological polar surface area (TPSA) is 57.8 Å². The van der Waals surface area contributed by atoms with Crippen LogP contribution in [0.3, 0.4) is 0 Å². The maximum absolute atomic E-state index is 12.5. The molecule has 0 bridgehead atoms. The summed E-state index contributed by atoms with van der Waals surface area (Å²) in [5, 5.41) is 3.85. The Balaban J connectivity index is 1.49. The summed E-state index contributed by atoms with van der Waals surface area (Å²) in [6, 6.07) is 22.8. The summed E-state index contributed by atoms with van der Waals surface area (Å²) in [5.41, 5.74) is 9.71. The number of H-pyrrole nitrogens is 1. The van der Waals surface area contributed by atoms with Gasteiger partial charge < -0.3 is 10.3 Å². The van der Waals surface area contributed by atoms with Gasteiger partial charge in [-0.05, 0) is 44.9 Å². The van der Waals surface area contributed by atoms with E-state index in [2.05, 4.69) is 85.7 Å². The van der Waals surface area contributed by atoms with Gasteiger partial charge in [-0.3, -0.25) is 4.79 Å². The molecule has 0 aliphatic rings. The highest BCUT2D eigenvalue weighted by Gasteiger charge is 2.15. The highest BCUT2D eigenvalue weighted by atomic mass is 32.2. The third-order valence-electron chi connectivity index (χ3n) is 5.79.